The standard InChI is InChI=1S/C16H19NO3/c1-19-9-10-20-15-7-4-6-14(11-15)17-12-13-5-2-3-8-16(13)18/h2-8,11,17-18H,9-10,12H2,1H3. The fourth-order valence-electron chi connectivity index (χ4n) is 1.80. The molecule has 2 aromatic rings. The highest BCUT2D eigenvalue weighted by Crippen LogP contribution is 2.20. The quantitative estimate of drug-likeness (QED) is 0.761. The average Bonchev–Trinajstić information content (AvgIpc) is 2.47. The topological polar surface area (TPSA) is 50.7 Å². The maximum atomic E-state index is 9.71. The van der Waals surface area contributed by atoms with Crippen LogP contribution in [0.4, 0.5) is 5.69 Å². The van der Waals surface area contributed by atoms with E-state index in [-0.39, 0.29) is 0 Å². The van der Waals surface area contributed by atoms with Crippen LogP contribution < -0.4 is 10.1 Å². The summed E-state index contributed by atoms with van der Waals surface area (Å²) in [6, 6.07) is 15.0. The van der Waals surface area contributed by atoms with E-state index in [9.17, 15) is 5.11 Å². The molecule has 0 saturated heterocycles. The number of aromatic hydroxyl groups is 1. The number of phenols is 1. The molecule has 2 aromatic carbocycles. The molecule has 2 rings (SSSR count). The van der Waals surface area contributed by atoms with Crippen molar-refractivity contribution in [1.29, 1.82) is 0 Å². The highest BCUT2D eigenvalue weighted by molar-refractivity contribution is 5.49. The Bertz CT molecular complexity index is 543. The van der Waals surface area contributed by atoms with Crippen LogP contribution in [0.25, 0.3) is 0 Å². The van der Waals surface area contributed by atoms with Gasteiger partial charge in [-0.1, -0.05) is 24.3 Å². The molecule has 0 atom stereocenters. The average molecular weight is 273 g/mol. The van der Waals surface area contributed by atoms with Crippen LogP contribution in [0.3, 0.4) is 0 Å². The van der Waals surface area contributed by atoms with Crippen molar-refractivity contribution in [3.05, 3.63) is 54.1 Å². The second kappa shape index (κ2) is 7.40. The molecular formula is C16H19NO3. The van der Waals surface area contributed by atoms with E-state index in [1.165, 1.54) is 0 Å². The van der Waals surface area contributed by atoms with E-state index in [1.807, 2.05) is 42.5 Å². The molecule has 0 bridgehead atoms. The molecule has 0 heterocycles. The van der Waals surface area contributed by atoms with Crippen molar-refractivity contribution in [2.24, 2.45) is 0 Å². The summed E-state index contributed by atoms with van der Waals surface area (Å²) in [6.07, 6.45) is 0. The summed E-state index contributed by atoms with van der Waals surface area (Å²) in [5, 5.41) is 13.0. The number of methoxy groups -OCH3 is 1. The van der Waals surface area contributed by atoms with E-state index >= 15 is 0 Å². The van der Waals surface area contributed by atoms with Crippen LogP contribution in [0.15, 0.2) is 48.5 Å². The third-order valence-electron chi connectivity index (χ3n) is 2.86. The predicted molar refractivity (Wildman–Crippen MR) is 79.2 cm³/mol. The van der Waals surface area contributed by atoms with Crippen LogP contribution in [0.2, 0.25) is 0 Å². The molecule has 0 radical (unpaired) electrons. The van der Waals surface area contributed by atoms with Gasteiger partial charge in [0.2, 0.25) is 0 Å². The Balaban J connectivity index is 1.93. The third kappa shape index (κ3) is 4.17. The van der Waals surface area contributed by atoms with E-state index in [0.717, 1.165) is 17.0 Å². The molecule has 4 heteroatoms. The van der Waals surface area contributed by atoms with Crippen LogP contribution in [0, 0.1) is 0 Å². The second-order valence-electron chi connectivity index (χ2n) is 4.35. The molecule has 0 spiro atoms. The van der Waals surface area contributed by atoms with Gasteiger partial charge >= 0.3 is 0 Å². The number of anilines is 1. The number of benzene rings is 2. The Hall–Kier alpha value is -2.20. The van der Waals surface area contributed by atoms with Gasteiger partial charge < -0.3 is 19.9 Å². The van der Waals surface area contributed by atoms with Crippen molar-refractivity contribution in [3.63, 3.8) is 0 Å². The Morgan fingerprint density at radius 1 is 1.05 bits per heavy atom. The predicted octanol–water partition coefficient (Wildman–Crippen LogP) is 3.03. The number of hydrogen-bond donors (Lipinski definition) is 2. The summed E-state index contributed by atoms with van der Waals surface area (Å²) in [7, 11) is 1.65. The van der Waals surface area contributed by atoms with Gasteiger partial charge in [-0.3, -0.25) is 0 Å². The molecule has 0 aromatic heterocycles. The maximum Gasteiger partial charge on any atom is 0.121 e. The van der Waals surface area contributed by atoms with Gasteiger partial charge in [-0.05, 0) is 18.2 Å². The highest BCUT2D eigenvalue weighted by Gasteiger charge is 2.00. The Labute approximate surface area is 119 Å². The lowest BCUT2D eigenvalue weighted by Crippen LogP contribution is -2.05. The van der Waals surface area contributed by atoms with Crippen molar-refractivity contribution >= 4 is 5.69 Å². The Morgan fingerprint density at radius 2 is 1.90 bits per heavy atom. The SMILES string of the molecule is COCCOc1cccc(NCc2ccccc2O)c1. The number of ether oxygens (including phenoxy) is 2. The van der Waals surface area contributed by atoms with Crippen LogP contribution in [-0.2, 0) is 11.3 Å². The van der Waals surface area contributed by atoms with Crippen molar-refractivity contribution < 1.29 is 14.6 Å². The van der Waals surface area contributed by atoms with Gasteiger partial charge in [0.05, 0.1) is 6.61 Å². The molecule has 4 nitrogen and oxygen atoms in total. The number of phenolic OH excluding ortho intramolecular Hbond substituents is 1. The molecule has 0 fully saturated rings. The van der Waals surface area contributed by atoms with Gasteiger partial charge in [-0.25, -0.2) is 0 Å². The summed E-state index contributed by atoms with van der Waals surface area (Å²) < 4.78 is 10.5. The van der Waals surface area contributed by atoms with Gasteiger partial charge in [0.25, 0.3) is 0 Å². The number of hydrogen-bond acceptors (Lipinski definition) is 4. The molecular weight excluding hydrogens is 254 g/mol. The molecule has 0 aliphatic carbocycles. The fraction of sp³-hybridized carbons (Fsp3) is 0.250. The van der Waals surface area contributed by atoms with Gasteiger partial charge in [-0.2, -0.15) is 0 Å². The first-order chi connectivity index (χ1) is 9.79. The molecule has 0 aliphatic rings. The van der Waals surface area contributed by atoms with E-state index in [1.54, 1.807) is 13.2 Å². The zero-order valence-electron chi connectivity index (χ0n) is 11.5. The first-order valence-corrected chi connectivity index (χ1v) is 6.52. The van der Waals surface area contributed by atoms with Gasteiger partial charge in [0.15, 0.2) is 0 Å². The molecule has 0 aliphatic heterocycles. The molecule has 2 N–H and O–H groups in total. The first-order valence-electron chi connectivity index (χ1n) is 6.52. The minimum absolute atomic E-state index is 0.299. The van der Waals surface area contributed by atoms with E-state index < -0.39 is 0 Å². The second-order valence-corrected chi connectivity index (χ2v) is 4.35. The Kier molecular flexibility index (Phi) is 5.26. The highest BCUT2D eigenvalue weighted by atomic mass is 16.5. The Morgan fingerprint density at radius 3 is 2.70 bits per heavy atom. The van der Waals surface area contributed by atoms with Crippen LogP contribution in [-0.4, -0.2) is 25.4 Å². The summed E-state index contributed by atoms with van der Waals surface area (Å²) >= 11 is 0. The minimum Gasteiger partial charge on any atom is -0.508 e. The smallest absolute Gasteiger partial charge is 0.121 e. The zero-order chi connectivity index (χ0) is 14.2. The molecule has 0 unspecified atom stereocenters. The lowest BCUT2D eigenvalue weighted by Gasteiger charge is -2.10. The first kappa shape index (κ1) is 14.2. The minimum atomic E-state index is 0.299. The van der Waals surface area contributed by atoms with Crippen molar-refractivity contribution in [2.75, 3.05) is 25.6 Å². The van der Waals surface area contributed by atoms with Crippen molar-refractivity contribution in [2.45, 2.75) is 6.54 Å². The maximum absolute atomic E-state index is 9.71. The largest absolute Gasteiger partial charge is 0.508 e. The summed E-state index contributed by atoms with van der Waals surface area (Å²) in [6.45, 7) is 1.66. The van der Waals surface area contributed by atoms with E-state index in [4.69, 9.17) is 9.47 Å². The number of rotatable bonds is 7. The molecule has 20 heavy (non-hydrogen) atoms. The lowest BCUT2D eigenvalue weighted by atomic mass is 10.2. The molecule has 0 amide bonds. The van der Waals surface area contributed by atoms with Gasteiger partial charge in [0, 0.05) is 31.0 Å². The van der Waals surface area contributed by atoms with Crippen LogP contribution in [0.5, 0.6) is 11.5 Å². The van der Waals surface area contributed by atoms with Crippen molar-refractivity contribution in [3.8, 4) is 11.5 Å². The summed E-state index contributed by atoms with van der Waals surface area (Å²) in [5.41, 5.74) is 1.81. The zero-order valence-corrected chi connectivity index (χ0v) is 11.5. The van der Waals surface area contributed by atoms with Crippen molar-refractivity contribution in [1.82, 2.24) is 0 Å². The van der Waals surface area contributed by atoms with Gasteiger partial charge in [-0.15, -0.1) is 0 Å². The lowest BCUT2D eigenvalue weighted by molar-refractivity contribution is 0.146. The fourth-order valence-corrected chi connectivity index (χ4v) is 1.80. The normalized spacial score (nSPS) is 10.2. The number of para-hydroxylation sites is 1. The monoisotopic (exact) mass is 273 g/mol. The van der Waals surface area contributed by atoms with E-state index in [0.29, 0.717) is 25.5 Å². The summed E-state index contributed by atoms with van der Waals surface area (Å²) in [5.74, 6) is 1.09. The third-order valence-corrected chi connectivity index (χ3v) is 2.86. The van der Waals surface area contributed by atoms with Crippen LogP contribution >= 0.6 is 0 Å². The molecule has 106 valence electrons. The summed E-state index contributed by atoms with van der Waals surface area (Å²) in [4.78, 5) is 0. The van der Waals surface area contributed by atoms with Crippen LogP contribution in [0.1, 0.15) is 5.56 Å². The number of nitrogens with one attached hydrogen (secondary N) is 1. The van der Waals surface area contributed by atoms with Gasteiger partial charge in [0.1, 0.15) is 18.1 Å². The van der Waals surface area contributed by atoms with E-state index in [2.05, 4.69) is 5.32 Å². The molecule has 0 saturated carbocycles.